The van der Waals surface area contributed by atoms with E-state index in [-0.39, 0.29) is 18.6 Å². The number of carbonyl (C=O) groups is 1. The first-order valence-electron chi connectivity index (χ1n) is 5.92. The third-order valence-electron chi connectivity index (χ3n) is 3.28. The molecule has 2 aliphatic rings. The number of aliphatic hydroxyl groups is 1. The number of hydrogen-bond acceptors (Lipinski definition) is 4. The van der Waals surface area contributed by atoms with Crippen molar-refractivity contribution in [2.24, 2.45) is 5.92 Å². The molecule has 1 heterocycles. The van der Waals surface area contributed by atoms with Crippen LogP contribution in [0, 0.1) is 5.92 Å². The van der Waals surface area contributed by atoms with Crippen LogP contribution in [0.25, 0.3) is 0 Å². The molecule has 1 saturated heterocycles. The molecular weight excluding hydrogens is 208 g/mol. The maximum Gasteiger partial charge on any atom is 0.409 e. The Morgan fingerprint density at radius 3 is 2.75 bits per heavy atom. The molecule has 0 radical (unpaired) electrons. The van der Waals surface area contributed by atoms with Crippen LogP contribution in [0.4, 0.5) is 4.79 Å². The highest BCUT2D eigenvalue weighted by Gasteiger charge is 2.33. The summed E-state index contributed by atoms with van der Waals surface area (Å²) < 4.78 is 4.73. The Morgan fingerprint density at radius 2 is 2.19 bits per heavy atom. The SMILES string of the molecule is COC(=O)N1CC(CO)CC(NC2CC2)C1. The molecule has 16 heavy (non-hydrogen) atoms. The van der Waals surface area contributed by atoms with Gasteiger partial charge in [0.25, 0.3) is 0 Å². The summed E-state index contributed by atoms with van der Waals surface area (Å²) >= 11 is 0. The maximum atomic E-state index is 11.5. The van der Waals surface area contributed by atoms with Crippen LogP contribution in [0.1, 0.15) is 19.3 Å². The Balaban J connectivity index is 1.90. The maximum absolute atomic E-state index is 11.5. The van der Waals surface area contributed by atoms with Crippen molar-refractivity contribution in [3.05, 3.63) is 0 Å². The monoisotopic (exact) mass is 228 g/mol. The number of hydrogen-bond donors (Lipinski definition) is 2. The van der Waals surface area contributed by atoms with Crippen LogP contribution < -0.4 is 5.32 Å². The number of nitrogens with zero attached hydrogens (tertiary/aromatic N) is 1. The number of nitrogens with one attached hydrogen (secondary N) is 1. The van der Waals surface area contributed by atoms with E-state index in [1.807, 2.05) is 0 Å². The van der Waals surface area contributed by atoms with Crippen LogP contribution >= 0.6 is 0 Å². The second kappa shape index (κ2) is 5.01. The fraction of sp³-hybridized carbons (Fsp3) is 0.909. The van der Waals surface area contributed by atoms with E-state index in [1.54, 1.807) is 4.90 Å². The van der Waals surface area contributed by atoms with E-state index >= 15 is 0 Å². The van der Waals surface area contributed by atoms with E-state index in [0.717, 1.165) is 6.42 Å². The molecule has 5 nitrogen and oxygen atoms in total. The van der Waals surface area contributed by atoms with Crippen LogP contribution in [0.3, 0.4) is 0 Å². The van der Waals surface area contributed by atoms with Crippen molar-refractivity contribution in [1.29, 1.82) is 0 Å². The molecule has 5 heteroatoms. The quantitative estimate of drug-likeness (QED) is 0.724. The average molecular weight is 228 g/mol. The zero-order valence-electron chi connectivity index (χ0n) is 9.69. The lowest BCUT2D eigenvalue weighted by atomic mass is 9.95. The molecule has 2 rings (SSSR count). The van der Waals surface area contributed by atoms with Gasteiger partial charge in [0.15, 0.2) is 0 Å². The Kier molecular flexibility index (Phi) is 3.66. The first-order chi connectivity index (χ1) is 7.72. The van der Waals surface area contributed by atoms with Crippen molar-refractivity contribution in [3.63, 3.8) is 0 Å². The Hall–Kier alpha value is -0.810. The van der Waals surface area contributed by atoms with Crippen LogP contribution in [0.5, 0.6) is 0 Å². The third kappa shape index (κ3) is 2.86. The molecule has 2 atom stereocenters. The highest BCUT2D eigenvalue weighted by Crippen LogP contribution is 2.24. The fourth-order valence-corrected chi connectivity index (χ4v) is 2.32. The fourth-order valence-electron chi connectivity index (χ4n) is 2.32. The van der Waals surface area contributed by atoms with Crippen molar-refractivity contribution in [2.75, 3.05) is 26.8 Å². The molecule has 2 unspecified atom stereocenters. The number of carbonyl (C=O) groups excluding carboxylic acids is 1. The van der Waals surface area contributed by atoms with Gasteiger partial charge < -0.3 is 20.1 Å². The molecule has 1 aliphatic heterocycles. The van der Waals surface area contributed by atoms with Gasteiger partial charge in [-0.1, -0.05) is 0 Å². The highest BCUT2D eigenvalue weighted by molar-refractivity contribution is 5.67. The highest BCUT2D eigenvalue weighted by atomic mass is 16.5. The summed E-state index contributed by atoms with van der Waals surface area (Å²) in [6.45, 7) is 1.43. The number of piperidine rings is 1. The Morgan fingerprint density at radius 1 is 1.44 bits per heavy atom. The molecule has 1 aliphatic carbocycles. The first-order valence-corrected chi connectivity index (χ1v) is 5.92. The van der Waals surface area contributed by atoms with Gasteiger partial charge in [-0.3, -0.25) is 0 Å². The van der Waals surface area contributed by atoms with Gasteiger partial charge in [0, 0.05) is 37.7 Å². The van der Waals surface area contributed by atoms with E-state index in [9.17, 15) is 9.90 Å². The number of likely N-dealkylation sites (tertiary alicyclic amines) is 1. The number of rotatable bonds is 3. The van der Waals surface area contributed by atoms with Crippen molar-refractivity contribution in [1.82, 2.24) is 10.2 Å². The van der Waals surface area contributed by atoms with E-state index in [2.05, 4.69) is 5.32 Å². The molecule has 92 valence electrons. The Labute approximate surface area is 95.8 Å². The van der Waals surface area contributed by atoms with Gasteiger partial charge in [-0.05, 0) is 19.3 Å². The summed E-state index contributed by atoms with van der Waals surface area (Å²) in [5, 5.41) is 12.7. The zero-order chi connectivity index (χ0) is 11.5. The van der Waals surface area contributed by atoms with Crippen LogP contribution in [-0.4, -0.2) is 55.0 Å². The molecule has 0 bridgehead atoms. The van der Waals surface area contributed by atoms with Gasteiger partial charge in [-0.15, -0.1) is 0 Å². The minimum Gasteiger partial charge on any atom is -0.453 e. The van der Waals surface area contributed by atoms with Gasteiger partial charge in [0.05, 0.1) is 7.11 Å². The first kappa shape index (κ1) is 11.7. The van der Waals surface area contributed by atoms with Crippen molar-refractivity contribution >= 4 is 6.09 Å². The van der Waals surface area contributed by atoms with Gasteiger partial charge in [-0.2, -0.15) is 0 Å². The van der Waals surface area contributed by atoms with E-state index in [1.165, 1.54) is 20.0 Å². The second-order valence-corrected chi connectivity index (χ2v) is 4.80. The second-order valence-electron chi connectivity index (χ2n) is 4.80. The summed E-state index contributed by atoms with van der Waals surface area (Å²) in [6, 6.07) is 0.930. The van der Waals surface area contributed by atoms with Crippen LogP contribution in [0.2, 0.25) is 0 Å². The molecule has 2 N–H and O–H groups in total. The topological polar surface area (TPSA) is 61.8 Å². The average Bonchev–Trinajstić information content (AvgIpc) is 3.11. The normalized spacial score (nSPS) is 30.2. The van der Waals surface area contributed by atoms with Gasteiger partial charge in [0.1, 0.15) is 0 Å². The summed E-state index contributed by atoms with van der Waals surface area (Å²) in [5.41, 5.74) is 0. The van der Waals surface area contributed by atoms with E-state index < -0.39 is 0 Å². The molecule has 0 aromatic carbocycles. The summed E-state index contributed by atoms with van der Waals surface area (Å²) in [4.78, 5) is 13.2. The standard InChI is InChI=1S/C11H20N2O3/c1-16-11(15)13-5-8(7-14)4-10(6-13)12-9-2-3-9/h8-10,12,14H,2-7H2,1H3. The summed E-state index contributed by atoms with van der Waals surface area (Å²) in [7, 11) is 1.40. The lowest BCUT2D eigenvalue weighted by Gasteiger charge is -2.36. The summed E-state index contributed by atoms with van der Waals surface area (Å²) in [5.74, 6) is 0.170. The Bertz CT molecular complexity index is 256. The largest absolute Gasteiger partial charge is 0.453 e. The number of amides is 1. The number of aliphatic hydroxyl groups excluding tert-OH is 1. The number of ether oxygens (including phenoxy) is 1. The van der Waals surface area contributed by atoms with Crippen molar-refractivity contribution in [2.45, 2.75) is 31.3 Å². The predicted octanol–water partition coefficient (Wildman–Crippen LogP) is 0.188. The molecule has 0 spiro atoms. The molecule has 0 aromatic rings. The van der Waals surface area contributed by atoms with Gasteiger partial charge in [0.2, 0.25) is 0 Å². The molecular formula is C11H20N2O3. The zero-order valence-corrected chi connectivity index (χ0v) is 9.69. The third-order valence-corrected chi connectivity index (χ3v) is 3.28. The lowest BCUT2D eigenvalue weighted by Crippen LogP contribution is -2.52. The van der Waals surface area contributed by atoms with Crippen LogP contribution in [-0.2, 0) is 4.74 Å². The molecule has 2 fully saturated rings. The minimum atomic E-state index is -0.291. The number of methoxy groups -OCH3 is 1. The van der Waals surface area contributed by atoms with Crippen molar-refractivity contribution in [3.8, 4) is 0 Å². The van der Waals surface area contributed by atoms with Gasteiger partial charge in [-0.25, -0.2) is 4.79 Å². The lowest BCUT2D eigenvalue weighted by molar-refractivity contribution is 0.0738. The van der Waals surface area contributed by atoms with Crippen LogP contribution in [0.15, 0.2) is 0 Å². The van der Waals surface area contributed by atoms with Crippen molar-refractivity contribution < 1.29 is 14.6 Å². The predicted molar refractivity (Wildman–Crippen MR) is 59.1 cm³/mol. The van der Waals surface area contributed by atoms with Gasteiger partial charge >= 0.3 is 6.09 Å². The van der Waals surface area contributed by atoms with E-state index in [4.69, 9.17) is 4.74 Å². The molecule has 1 saturated carbocycles. The molecule has 0 aromatic heterocycles. The molecule has 1 amide bonds. The van der Waals surface area contributed by atoms with E-state index in [0.29, 0.717) is 25.2 Å². The minimum absolute atomic E-state index is 0.135. The summed E-state index contributed by atoms with van der Waals surface area (Å²) in [6.07, 6.45) is 3.12. The smallest absolute Gasteiger partial charge is 0.409 e.